The molecule has 31 heavy (non-hydrogen) atoms. The summed E-state index contributed by atoms with van der Waals surface area (Å²) in [4.78, 5) is 16.8. The monoisotopic (exact) mass is 444 g/mol. The van der Waals surface area contributed by atoms with Crippen molar-refractivity contribution < 1.29 is 22.3 Å². The van der Waals surface area contributed by atoms with E-state index < -0.39 is 21.7 Å². The normalized spacial score (nSPS) is 15.9. The Balaban J connectivity index is 1.87. The highest BCUT2D eigenvalue weighted by Crippen LogP contribution is 2.33. The van der Waals surface area contributed by atoms with E-state index in [0.717, 1.165) is 0 Å². The molecule has 10 heteroatoms. The molecular formula is C21H21FN4O4S. The maximum Gasteiger partial charge on any atom is 0.267 e. The molecule has 162 valence electrons. The van der Waals surface area contributed by atoms with E-state index >= 15 is 0 Å². The molecule has 1 aliphatic heterocycles. The molecule has 8 nitrogen and oxygen atoms in total. The van der Waals surface area contributed by atoms with Crippen LogP contribution in [0.15, 0.2) is 47.8 Å². The van der Waals surface area contributed by atoms with Crippen LogP contribution in [0.2, 0.25) is 0 Å². The molecule has 0 atom stereocenters. The minimum Gasteiger partial charge on any atom is -0.476 e. The average molecular weight is 444 g/mol. The molecule has 0 spiro atoms. The minimum atomic E-state index is -4.10. The first-order valence-electron chi connectivity index (χ1n) is 9.72. The quantitative estimate of drug-likeness (QED) is 0.619. The second-order valence-electron chi connectivity index (χ2n) is 7.55. The number of hydrogen-bond donors (Lipinski definition) is 1. The Labute approximate surface area is 179 Å². The topological polar surface area (TPSA) is 103 Å². The van der Waals surface area contributed by atoms with Crippen LogP contribution in [0.5, 0.6) is 5.88 Å². The summed E-state index contributed by atoms with van der Waals surface area (Å²) in [5.41, 5.74) is 2.28. The van der Waals surface area contributed by atoms with E-state index in [2.05, 4.69) is 14.8 Å². The summed E-state index contributed by atoms with van der Waals surface area (Å²) in [6.07, 6.45) is 3.80. The molecule has 0 aliphatic carbocycles. The summed E-state index contributed by atoms with van der Waals surface area (Å²) in [6, 6.07) is 6.08. The smallest absolute Gasteiger partial charge is 0.267 e. The van der Waals surface area contributed by atoms with Gasteiger partial charge in [0.1, 0.15) is 17.3 Å². The molecule has 1 aromatic carbocycles. The number of benzene rings is 1. The van der Waals surface area contributed by atoms with Crippen molar-refractivity contribution in [2.45, 2.75) is 37.6 Å². The van der Waals surface area contributed by atoms with Crippen molar-refractivity contribution in [1.29, 1.82) is 0 Å². The van der Waals surface area contributed by atoms with Crippen LogP contribution in [-0.4, -0.2) is 35.7 Å². The number of halogens is 1. The molecule has 0 unspecified atom stereocenters. The molecule has 0 saturated carbocycles. The zero-order valence-corrected chi connectivity index (χ0v) is 17.8. The molecule has 4 bridgehead atoms. The van der Waals surface area contributed by atoms with Gasteiger partial charge in [-0.3, -0.25) is 9.48 Å². The van der Waals surface area contributed by atoms with Crippen LogP contribution in [-0.2, 0) is 27.8 Å². The minimum absolute atomic E-state index is 0.0910. The number of rotatable bonds is 1. The molecule has 0 saturated heterocycles. The van der Waals surface area contributed by atoms with E-state index in [0.29, 0.717) is 28.1 Å². The van der Waals surface area contributed by atoms with Gasteiger partial charge in [0.25, 0.3) is 10.0 Å². The van der Waals surface area contributed by atoms with Crippen molar-refractivity contribution in [3.8, 4) is 17.0 Å². The summed E-state index contributed by atoms with van der Waals surface area (Å²) in [7, 11) is -4.10. The second kappa shape index (κ2) is 8.10. The first-order chi connectivity index (χ1) is 14.7. The van der Waals surface area contributed by atoms with Gasteiger partial charge in [0.05, 0.1) is 19.2 Å². The highest BCUT2D eigenvalue weighted by atomic mass is 32.2. The maximum atomic E-state index is 14.5. The number of sulfonamides is 1. The lowest BCUT2D eigenvalue weighted by molar-refractivity contribution is -0.118. The number of pyridine rings is 1. The van der Waals surface area contributed by atoms with Crippen LogP contribution in [0.3, 0.4) is 0 Å². The van der Waals surface area contributed by atoms with Crippen molar-refractivity contribution in [2.75, 3.05) is 6.61 Å². The first-order valence-corrected chi connectivity index (χ1v) is 11.2. The molecular weight excluding hydrogens is 423 g/mol. The highest BCUT2D eigenvalue weighted by Gasteiger charge is 2.23. The average Bonchev–Trinajstić information content (AvgIpc) is 3.18. The van der Waals surface area contributed by atoms with Crippen LogP contribution in [0.25, 0.3) is 11.1 Å². The zero-order chi connectivity index (χ0) is 22.2. The largest absolute Gasteiger partial charge is 0.476 e. The molecule has 1 aliphatic rings. The molecule has 0 radical (unpaired) electrons. The molecule has 0 fully saturated rings. The third-order valence-corrected chi connectivity index (χ3v) is 6.32. The van der Waals surface area contributed by atoms with Crippen LogP contribution in [0.1, 0.15) is 30.9 Å². The number of carbonyl (C=O) groups excluding carboxylic acids is 1. The summed E-state index contributed by atoms with van der Waals surface area (Å²) in [5.74, 6) is -0.924. The maximum absolute atomic E-state index is 14.5. The van der Waals surface area contributed by atoms with Gasteiger partial charge in [0, 0.05) is 18.5 Å². The van der Waals surface area contributed by atoms with Crippen molar-refractivity contribution in [3.05, 3.63) is 59.8 Å². The summed E-state index contributed by atoms with van der Waals surface area (Å²) >= 11 is 0. The standard InChI is InChI=1S/C21H21FN4O4S/c1-13(2)17-8-15(22)9-18-14-3-4-23-21(7-14)30-6-5-26-12-16(11-24-26)31(28,29)25-20(27)10-19(17)18/h3-4,7-9,11-13H,5-6,10H2,1-2H3,(H,25,27). The van der Waals surface area contributed by atoms with Crippen LogP contribution in [0.4, 0.5) is 4.39 Å². The Morgan fingerprint density at radius 1 is 1.26 bits per heavy atom. The fourth-order valence-electron chi connectivity index (χ4n) is 3.54. The number of ether oxygens (including phenoxy) is 1. The number of aromatic nitrogens is 3. The van der Waals surface area contributed by atoms with Gasteiger partial charge in [-0.05, 0) is 46.4 Å². The Morgan fingerprint density at radius 3 is 2.84 bits per heavy atom. The number of amides is 1. The molecule has 3 heterocycles. The van der Waals surface area contributed by atoms with Crippen molar-refractivity contribution in [2.24, 2.45) is 0 Å². The predicted octanol–water partition coefficient (Wildman–Crippen LogP) is 2.65. The second-order valence-corrected chi connectivity index (χ2v) is 9.23. The number of hydrogen-bond acceptors (Lipinski definition) is 6. The van der Waals surface area contributed by atoms with Gasteiger partial charge >= 0.3 is 0 Å². The number of carbonyl (C=O) groups is 1. The number of nitrogens with one attached hydrogen (secondary N) is 1. The third-order valence-electron chi connectivity index (χ3n) is 4.99. The van der Waals surface area contributed by atoms with Gasteiger partial charge in [0.2, 0.25) is 11.8 Å². The van der Waals surface area contributed by atoms with Gasteiger partial charge in [-0.1, -0.05) is 13.8 Å². The van der Waals surface area contributed by atoms with Gasteiger partial charge in [-0.15, -0.1) is 0 Å². The Hall–Kier alpha value is -3.27. The van der Waals surface area contributed by atoms with Crippen LogP contribution < -0.4 is 9.46 Å². The van der Waals surface area contributed by atoms with E-state index in [1.165, 1.54) is 29.2 Å². The highest BCUT2D eigenvalue weighted by molar-refractivity contribution is 7.90. The summed E-state index contributed by atoms with van der Waals surface area (Å²) in [5, 5.41) is 4.01. The SMILES string of the molecule is CC(C)c1cc(F)cc2c1CC(=O)NS(=O)(=O)c1cnn(c1)CCOc1cc-2ccn1. The van der Waals surface area contributed by atoms with Gasteiger partial charge in [-0.25, -0.2) is 22.5 Å². The van der Waals surface area contributed by atoms with Crippen molar-refractivity contribution in [3.63, 3.8) is 0 Å². The Bertz CT molecular complexity index is 1250. The van der Waals surface area contributed by atoms with E-state index in [-0.39, 0.29) is 30.4 Å². The molecule has 3 aromatic rings. The molecule has 4 rings (SSSR count). The third kappa shape index (κ3) is 4.43. The van der Waals surface area contributed by atoms with Crippen LogP contribution in [0, 0.1) is 5.82 Å². The molecule has 1 amide bonds. The summed E-state index contributed by atoms with van der Waals surface area (Å²) < 4.78 is 48.9. The molecule has 1 N–H and O–H groups in total. The Morgan fingerprint density at radius 2 is 2.06 bits per heavy atom. The van der Waals surface area contributed by atoms with E-state index in [4.69, 9.17) is 4.74 Å². The zero-order valence-electron chi connectivity index (χ0n) is 17.0. The van der Waals surface area contributed by atoms with Crippen molar-refractivity contribution in [1.82, 2.24) is 19.5 Å². The predicted molar refractivity (Wildman–Crippen MR) is 110 cm³/mol. The van der Waals surface area contributed by atoms with Crippen LogP contribution >= 0.6 is 0 Å². The van der Waals surface area contributed by atoms with Gasteiger partial charge in [0.15, 0.2) is 0 Å². The fraction of sp³-hybridized carbons (Fsp3) is 0.286. The van der Waals surface area contributed by atoms with E-state index in [1.54, 1.807) is 18.3 Å². The van der Waals surface area contributed by atoms with Crippen molar-refractivity contribution >= 4 is 15.9 Å². The Kier molecular flexibility index (Phi) is 5.48. The first kappa shape index (κ1) is 21.0. The lowest BCUT2D eigenvalue weighted by atomic mass is 9.88. The van der Waals surface area contributed by atoms with E-state index in [9.17, 15) is 17.6 Å². The van der Waals surface area contributed by atoms with Gasteiger partial charge in [-0.2, -0.15) is 5.10 Å². The lowest BCUT2D eigenvalue weighted by Crippen LogP contribution is -2.32. The lowest BCUT2D eigenvalue weighted by Gasteiger charge is -2.18. The van der Waals surface area contributed by atoms with Gasteiger partial charge < -0.3 is 4.74 Å². The molecule has 2 aromatic heterocycles. The number of fused-ring (bicyclic) bond motifs is 6. The summed E-state index contributed by atoms with van der Waals surface area (Å²) in [6.45, 7) is 4.23. The number of nitrogens with zero attached hydrogens (tertiary/aromatic N) is 3. The van der Waals surface area contributed by atoms with E-state index in [1.807, 2.05) is 13.8 Å². The fourth-order valence-corrected chi connectivity index (χ4v) is 4.47.